The summed E-state index contributed by atoms with van der Waals surface area (Å²) in [5.74, 6) is -3.40. The summed E-state index contributed by atoms with van der Waals surface area (Å²) in [5, 5.41) is -0.749. The summed E-state index contributed by atoms with van der Waals surface area (Å²) in [6.07, 6.45) is -23.9. The molecule has 2 aromatic heterocycles. The van der Waals surface area contributed by atoms with Gasteiger partial charge < -0.3 is 19.9 Å². The summed E-state index contributed by atoms with van der Waals surface area (Å²) in [6, 6.07) is 0. The fourth-order valence-corrected chi connectivity index (χ4v) is 3.89. The minimum absolute atomic E-state index is 0.0131. The second kappa shape index (κ2) is 9.38. The SMILES string of the molecule is CC(=O)OC1C(F)C([C@@H](OC(C)=O)C(F)(F)F)OC1n1c(=O)n(CC(F)(F)F)c2c(Cl)nc(N)nc21. The second-order valence-corrected chi connectivity index (χ2v) is 7.84. The maximum absolute atomic E-state index is 15.3. The van der Waals surface area contributed by atoms with Crippen LogP contribution in [0.5, 0.6) is 0 Å². The van der Waals surface area contributed by atoms with E-state index in [-0.39, 0.29) is 9.13 Å². The number of halogens is 8. The van der Waals surface area contributed by atoms with Crippen molar-refractivity contribution in [3.05, 3.63) is 15.6 Å². The van der Waals surface area contributed by atoms with Gasteiger partial charge in [0.05, 0.1) is 0 Å². The number of aromatic nitrogens is 4. The largest absolute Gasteiger partial charge is 0.454 e. The fourth-order valence-electron chi connectivity index (χ4n) is 3.62. The maximum Gasteiger partial charge on any atom is 0.428 e. The van der Waals surface area contributed by atoms with Crippen LogP contribution in [0.25, 0.3) is 11.2 Å². The minimum Gasteiger partial charge on any atom is -0.454 e. The number of hydrogen-bond donors (Lipinski definition) is 1. The predicted octanol–water partition coefficient (Wildman–Crippen LogP) is 2.05. The Morgan fingerprint density at radius 3 is 2.28 bits per heavy atom. The van der Waals surface area contributed by atoms with Crippen LogP contribution >= 0.6 is 11.6 Å². The predicted molar refractivity (Wildman–Crippen MR) is 103 cm³/mol. The van der Waals surface area contributed by atoms with Gasteiger partial charge in [-0.05, 0) is 0 Å². The molecular formula is C17H15ClF7N5O6. The molecule has 0 aromatic carbocycles. The molecule has 1 fully saturated rings. The van der Waals surface area contributed by atoms with E-state index in [9.17, 15) is 40.7 Å². The minimum atomic E-state index is -5.40. The van der Waals surface area contributed by atoms with E-state index in [1.54, 1.807) is 0 Å². The number of anilines is 1. The summed E-state index contributed by atoms with van der Waals surface area (Å²) in [7, 11) is 0. The molecule has 11 nitrogen and oxygen atoms in total. The molecule has 1 saturated heterocycles. The third-order valence-corrected chi connectivity index (χ3v) is 5.05. The van der Waals surface area contributed by atoms with E-state index in [1.165, 1.54) is 0 Å². The third kappa shape index (κ3) is 5.32. The molecule has 0 aliphatic carbocycles. The molecule has 1 aliphatic heterocycles. The Hall–Kier alpha value is -3.15. The molecule has 2 aromatic rings. The Morgan fingerprint density at radius 1 is 1.17 bits per heavy atom. The highest BCUT2D eigenvalue weighted by molar-refractivity contribution is 6.33. The molecule has 5 atom stereocenters. The van der Waals surface area contributed by atoms with Crippen molar-refractivity contribution in [2.75, 3.05) is 5.73 Å². The van der Waals surface area contributed by atoms with E-state index in [4.69, 9.17) is 26.8 Å². The number of alkyl halides is 7. The van der Waals surface area contributed by atoms with Crippen molar-refractivity contribution in [3.63, 3.8) is 0 Å². The Bertz CT molecular complexity index is 1250. The van der Waals surface area contributed by atoms with E-state index in [2.05, 4.69) is 14.7 Å². The average molecular weight is 554 g/mol. The quantitative estimate of drug-likeness (QED) is 0.334. The van der Waals surface area contributed by atoms with Gasteiger partial charge in [-0.3, -0.25) is 14.2 Å². The van der Waals surface area contributed by atoms with E-state index in [0.29, 0.717) is 6.92 Å². The van der Waals surface area contributed by atoms with Crippen LogP contribution in [0.15, 0.2) is 4.79 Å². The molecular weight excluding hydrogens is 539 g/mol. The summed E-state index contributed by atoms with van der Waals surface area (Å²) < 4.78 is 110. The molecule has 19 heteroatoms. The number of nitrogen functional groups attached to an aromatic ring is 1. The average Bonchev–Trinajstić information content (AvgIpc) is 3.12. The standard InChI is InChI=1S/C17H15ClF7N5O6/c1-4(31)34-9-6(19)8(10(17(23,24)25)35-5(2)32)36-13(9)30-12-7(11(18)27-14(26)28-12)29(15(30)33)3-16(20,21)22/h6,8-10,13H,3H2,1-2H3,(H2,26,27,28)/t6?,8?,9?,10-,13?/m1/s1. The summed E-state index contributed by atoms with van der Waals surface area (Å²) >= 11 is 5.86. The monoisotopic (exact) mass is 553 g/mol. The molecule has 0 bridgehead atoms. The molecule has 200 valence electrons. The van der Waals surface area contributed by atoms with Crippen LogP contribution in [0.4, 0.5) is 36.7 Å². The van der Waals surface area contributed by atoms with Gasteiger partial charge in [-0.25, -0.2) is 13.8 Å². The van der Waals surface area contributed by atoms with Gasteiger partial charge in [-0.1, -0.05) is 11.6 Å². The first-order chi connectivity index (χ1) is 16.4. The van der Waals surface area contributed by atoms with Gasteiger partial charge in [0.2, 0.25) is 12.1 Å². The number of rotatable bonds is 5. The molecule has 3 heterocycles. The zero-order valence-corrected chi connectivity index (χ0v) is 18.7. The van der Waals surface area contributed by atoms with Crippen LogP contribution in [0.1, 0.15) is 20.1 Å². The lowest BCUT2D eigenvalue weighted by Gasteiger charge is -2.26. The Kier molecular flexibility index (Phi) is 7.15. The molecule has 36 heavy (non-hydrogen) atoms. The van der Waals surface area contributed by atoms with Crippen LogP contribution in [0.2, 0.25) is 5.15 Å². The van der Waals surface area contributed by atoms with Crippen molar-refractivity contribution in [2.24, 2.45) is 0 Å². The first kappa shape index (κ1) is 27.4. The lowest BCUT2D eigenvalue weighted by atomic mass is 10.1. The van der Waals surface area contributed by atoms with Gasteiger partial charge in [-0.15, -0.1) is 0 Å². The normalized spacial score (nSPS) is 23.6. The molecule has 0 amide bonds. The molecule has 2 N–H and O–H groups in total. The molecule has 0 saturated carbocycles. The van der Waals surface area contributed by atoms with Gasteiger partial charge >= 0.3 is 30.0 Å². The second-order valence-electron chi connectivity index (χ2n) is 7.48. The van der Waals surface area contributed by atoms with Crippen molar-refractivity contribution < 1.29 is 54.5 Å². The van der Waals surface area contributed by atoms with E-state index >= 15 is 4.39 Å². The van der Waals surface area contributed by atoms with Crippen LogP contribution in [0.3, 0.4) is 0 Å². The molecule has 1 aliphatic rings. The van der Waals surface area contributed by atoms with Gasteiger partial charge in [0.15, 0.2) is 29.3 Å². The topological polar surface area (TPSA) is 141 Å². The lowest BCUT2D eigenvalue weighted by Crippen LogP contribution is -2.47. The van der Waals surface area contributed by atoms with Crippen LogP contribution < -0.4 is 11.4 Å². The van der Waals surface area contributed by atoms with Crippen molar-refractivity contribution in [1.82, 2.24) is 19.1 Å². The number of nitrogens with zero attached hydrogens (tertiary/aromatic N) is 4. The Morgan fingerprint density at radius 2 is 1.78 bits per heavy atom. The van der Waals surface area contributed by atoms with Crippen molar-refractivity contribution >= 4 is 40.7 Å². The number of imidazole rings is 1. The van der Waals surface area contributed by atoms with Crippen LogP contribution in [0, 0.1) is 0 Å². The van der Waals surface area contributed by atoms with E-state index in [0.717, 1.165) is 6.92 Å². The summed E-state index contributed by atoms with van der Waals surface area (Å²) in [5.41, 5.74) is 2.28. The fraction of sp³-hybridized carbons (Fsp3) is 0.588. The van der Waals surface area contributed by atoms with E-state index in [1.807, 2.05) is 0 Å². The summed E-state index contributed by atoms with van der Waals surface area (Å²) in [6.45, 7) is -0.621. The van der Waals surface area contributed by atoms with Crippen molar-refractivity contribution in [1.29, 1.82) is 0 Å². The highest BCUT2D eigenvalue weighted by Crippen LogP contribution is 2.41. The van der Waals surface area contributed by atoms with Gasteiger partial charge in [0.25, 0.3) is 0 Å². The number of ether oxygens (including phenoxy) is 3. The molecule has 3 rings (SSSR count). The van der Waals surface area contributed by atoms with Gasteiger partial charge in [0.1, 0.15) is 18.2 Å². The smallest absolute Gasteiger partial charge is 0.428 e. The zero-order valence-electron chi connectivity index (χ0n) is 17.9. The van der Waals surface area contributed by atoms with Crippen molar-refractivity contribution in [2.45, 2.75) is 63.5 Å². The summed E-state index contributed by atoms with van der Waals surface area (Å²) in [4.78, 5) is 42.8. The Balaban J connectivity index is 2.26. The molecule has 4 unspecified atom stereocenters. The number of hydrogen-bond acceptors (Lipinski definition) is 9. The third-order valence-electron chi connectivity index (χ3n) is 4.79. The van der Waals surface area contributed by atoms with Gasteiger partial charge in [-0.2, -0.15) is 36.3 Å². The molecule has 0 spiro atoms. The van der Waals surface area contributed by atoms with Crippen LogP contribution in [-0.4, -0.2) is 67.9 Å². The number of carbonyl (C=O) groups is 2. The number of esters is 2. The highest BCUT2D eigenvalue weighted by atomic mass is 35.5. The first-order valence-electron chi connectivity index (χ1n) is 9.63. The Labute approximate surface area is 199 Å². The number of nitrogens with two attached hydrogens (primary N) is 1. The van der Waals surface area contributed by atoms with Gasteiger partial charge in [0, 0.05) is 13.8 Å². The van der Waals surface area contributed by atoms with Crippen molar-refractivity contribution in [3.8, 4) is 0 Å². The van der Waals surface area contributed by atoms with E-state index < -0.39 is 89.5 Å². The lowest BCUT2D eigenvalue weighted by molar-refractivity contribution is -0.252. The maximum atomic E-state index is 15.3. The molecule has 0 radical (unpaired) electrons. The zero-order chi connectivity index (χ0) is 27.3. The number of carbonyl (C=O) groups excluding carboxylic acids is 2. The first-order valence-corrected chi connectivity index (χ1v) is 10.0. The highest BCUT2D eigenvalue weighted by Gasteiger charge is 2.60. The number of fused-ring (bicyclic) bond motifs is 1. The van der Waals surface area contributed by atoms with Crippen LogP contribution in [-0.2, 0) is 30.3 Å².